The maximum atomic E-state index is 12.8. The number of hydrogen-bond donors (Lipinski definition) is 1. The maximum absolute atomic E-state index is 12.8. The van der Waals surface area contributed by atoms with Gasteiger partial charge in [0.2, 0.25) is 5.91 Å². The van der Waals surface area contributed by atoms with Gasteiger partial charge in [0.1, 0.15) is 3.55 Å². The van der Waals surface area contributed by atoms with Gasteiger partial charge in [-0.05, 0) is 63.9 Å². The van der Waals surface area contributed by atoms with Crippen molar-refractivity contribution in [3.8, 4) is 0 Å². The number of carbonyl (C=O) groups is 1. The highest BCUT2D eigenvalue weighted by Crippen LogP contribution is 2.34. The van der Waals surface area contributed by atoms with Crippen molar-refractivity contribution in [2.24, 2.45) is 0 Å². The number of halogens is 4. The van der Waals surface area contributed by atoms with Crippen LogP contribution in [0.5, 0.6) is 0 Å². The van der Waals surface area contributed by atoms with Crippen LogP contribution in [0.4, 0.5) is 13.2 Å². The second kappa shape index (κ2) is 8.11. The number of hydrogen-bond acceptors (Lipinski definition) is 1. The van der Waals surface area contributed by atoms with E-state index in [1.54, 1.807) is 6.07 Å². The Balaban J connectivity index is 1.70. The Kier molecular flexibility index (Phi) is 5.98. The van der Waals surface area contributed by atoms with Gasteiger partial charge >= 0.3 is 6.18 Å². The molecule has 0 aliphatic carbocycles. The highest BCUT2D eigenvalue weighted by Gasteiger charge is 2.30. The molecule has 3 aromatic rings. The molecule has 1 atom stereocenters. The minimum atomic E-state index is -4.38. The van der Waals surface area contributed by atoms with Gasteiger partial charge in [-0.1, -0.05) is 60.7 Å². The van der Waals surface area contributed by atoms with E-state index in [1.165, 1.54) is 6.07 Å². The Bertz CT molecular complexity index is 993. The summed E-state index contributed by atoms with van der Waals surface area (Å²) >= 11 is 2.19. The van der Waals surface area contributed by atoms with Gasteiger partial charge in [0, 0.05) is 6.42 Å². The first-order valence-electron chi connectivity index (χ1n) is 8.81. The molecule has 1 amide bonds. The Morgan fingerprint density at radius 1 is 1.00 bits per heavy atom. The summed E-state index contributed by atoms with van der Waals surface area (Å²) in [6.45, 7) is 1.91. The van der Waals surface area contributed by atoms with E-state index in [0.29, 0.717) is 5.56 Å². The van der Waals surface area contributed by atoms with Crippen LogP contribution in [0.3, 0.4) is 0 Å². The van der Waals surface area contributed by atoms with E-state index in [2.05, 4.69) is 27.9 Å². The Labute approximate surface area is 175 Å². The van der Waals surface area contributed by atoms with Crippen LogP contribution in [-0.2, 0) is 20.9 Å². The van der Waals surface area contributed by atoms with Gasteiger partial charge in [0.15, 0.2) is 0 Å². The fourth-order valence-corrected chi connectivity index (χ4v) is 3.96. The van der Waals surface area contributed by atoms with E-state index < -0.39 is 15.3 Å². The number of fused-ring (bicyclic) bond motifs is 1. The maximum Gasteiger partial charge on any atom is 0.416 e. The summed E-state index contributed by atoms with van der Waals surface area (Å²) in [6, 6.07) is 19.0. The highest BCUT2D eigenvalue weighted by atomic mass is 127. The van der Waals surface area contributed by atoms with Crippen LogP contribution in [-0.4, -0.2) is 5.91 Å². The molecule has 0 aliphatic heterocycles. The summed E-state index contributed by atoms with van der Waals surface area (Å²) < 4.78 is 37.8. The smallest absolute Gasteiger partial charge is 0.338 e. The highest BCUT2D eigenvalue weighted by molar-refractivity contribution is 14.1. The third-order valence-corrected chi connectivity index (χ3v) is 5.42. The van der Waals surface area contributed by atoms with Crippen molar-refractivity contribution in [2.75, 3.05) is 0 Å². The van der Waals surface area contributed by atoms with E-state index in [-0.39, 0.29) is 18.7 Å². The van der Waals surface area contributed by atoms with Gasteiger partial charge in [-0.15, -0.1) is 0 Å². The van der Waals surface area contributed by atoms with Gasteiger partial charge in [-0.25, -0.2) is 0 Å². The van der Waals surface area contributed by atoms with Gasteiger partial charge in [0.25, 0.3) is 0 Å². The standard InChI is InChI=1S/C22H19F3INO/c1-21(26,19-11-5-8-16-7-2-3-10-18(16)19)27-20(28)13-12-15-6-4-9-17(14-15)22(23,24)25/h2-11,14H,12-13H2,1H3,(H,27,28). The zero-order chi connectivity index (χ0) is 20.4. The third-order valence-electron chi connectivity index (χ3n) is 4.56. The van der Waals surface area contributed by atoms with Crippen molar-refractivity contribution >= 4 is 39.3 Å². The molecule has 0 fully saturated rings. The predicted octanol–water partition coefficient (Wildman–Crippen LogP) is 6.22. The fourth-order valence-electron chi connectivity index (χ4n) is 3.19. The fraction of sp³-hybridized carbons (Fsp3) is 0.227. The van der Waals surface area contributed by atoms with Crippen LogP contribution >= 0.6 is 22.6 Å². The lowest BCUT2D eigenvalue weighted by molar-refractivity contribution is -0.137. The zero-order valence-electron chi connectivity index (χ0n) is 15.2. The van der Waals surface area contributed by atoms with Crippen LogP contribution in [0.1, 0.15) is 30.0 Å². The molecule has 1 unspecified atom stereocenters. The molecule has 0 heterocycles. The first-order chi connectivity index (χ1) is 13.2. The number of benzene rings is 3. The summed E-state index contributed by atoms with van der Waals surface area (Å²) in [5.74, 6) is -0.206. The molecule has 0 saturated heterocycles. The molecule has 3 aromatic carbocycles. The van der Waals surface area contributed by atoms with Gasteiger partial charge in [-0.2, -0.15) is 13.2 Å². The molecule has 146 valence electrons. The summed E-state index contributed by atoms with van der Waals surface area (Å²) in [5, 5.41) is 5.15. The van der Waals surface area contributed by atoms with Crippen molar-refractivity contribution in [1.29, 1.82) is 0 Å². The summed E-state index contributed by atoms with van der Waals surface area (Å²) in [4.78, 5) is 12.5. The molecule has 0 saturated carbocycles. The van der Waals surface area contributed by atoms with Crippen LogP contribution < -0.4 is 5.32 Å². The Morgan fingerprint density at radius 3 is 2.43 bits per heavy atom. The quantitative estimate of drug-likeness (QED) is 0.253. The van der Waals surface area contributed by atoms with E-state index >= 15 is 0 Å². The number of carbonyl (C=O) groups excluding carboxylic acids is 1. The number of amides is 1. The molecule has 28 heavy (non-hydrogen) atoms. The Morgan fingerprint density at radius 2 is 1.68 bits per heavy atom. The molecule has 0 aliphatic rings. The van der Waals surface area contributed by atoms with Gasteiger partial charge < -0.3 is 5.32 Å². The summed E-state index contributed by atoms with van der Waals surface area (Å²) in [6.07, 6.45) is -4.02. The molecule has 1 N–H and O–H groups in total. The van der Waals surface area contributed by atoms with Crippen LogP contribution in [0.2, 0.25) is 0 Å². The average Bonchev–Trinajstić information content (AvgIpc) is 2.65. The van der Waals surface area contributed by atoms with Crippen LogP contribution in [0, 0.1) is 0 Å². The minimum absolute atomic E-state index is 0.116. The molecule has 2 nitrogen and oxygen atoms in total. The molecule has 6 heteroatoms. The SMILES string of the molecule is CC(I)(NC(=O)CCc1cccc(C(F)(F)F)c1)c1cccc2ccccc12. The average molecular weight is 497 g/mol. The molecule has 3 rings (SSSR count). The predicted molar refractivity (Wildman–Crippen MR) is 113 cm³/mol. The van der Waals surface area contributed by atoms with Crippen molar-refractivity contribution in [2.45, 2.75) is 29.5 Å². The lowest BCUT2D eigenvalue weighted by atomic mass is 9.99. The Hall–Kier alpha value is -2.09. The number of aryl methyl sites for hydroxylation is 1. The van der Waals surface area contributed by atoms with Crippen molar-refractivity contribution in [3.05, 3.63) is 83.4 Å². The van der Waals surface area contributed by atoms with Crippen LogP contribution in [0.15, 0.2) is 66.7 Å². The number of rotatable bonds is 5. The lowest BCUT2D eigenvalue weighted by Crippen LogP contribution is -2.38. The van der Waals surface area contributed by atoms with Crippen LogP contribution in [0.25, 0.3) is 10.8 Å². The first-order valence-corrected chi connectivity index (χ1v) is 9.89. The normalized spacial score (nSPS) is 13.9. The second-order valence-corrected chi connectivity index (χ2v) is 8.93. The second-order valence-electron chi connectivity index (χ2n) is 6.78. The molecule has 0 spiro atoms. The van der Waals surface area contributed by atoms with Crippen molar-refractivity contribution in [1.82, 2.24) is 5.32 Å². The van der Waals surface area contributed by atoms with E-state index in [1.807, 2.05) is 49.4 Å². The molecule has 0 radical (unpaired) electrons. The largest absolute Gasteiger partial charge is 0.416 e. The lowest BCUT2D eigenvalue weighted by Gasteiger charge is -2.26. The monoisotopic (exact) mass is 497 g/mol. The number of nitrogens with one attached hydrogen (secondary N) is 1. The summed E-state index contributed by atoms with van der Waals surface area (Å²) in [7, 11) is 0. The molecular weight excluding hydrogens is 478 g/mol. The van der Waals surface area contributed by atoms with E-state index in [0.717, 1.165) is 28.5 Å². The van der Waals surface area contributed by atoms with E-state index in [4.69, 9.17) is 0 Å². The van der Waals surface area contributed by atoms with Gasteiger partial charge in [-0.3, -0.25) is 4.79 Å². The molecule has 0 bridgehead atoms. The summed E-state index contributed by atoms with van der Waals surface area (Å²) in [5.41, 5.74) is 0.781. The van der Waals surface area contributed by atoms with Crippen molar-refractivity contribution in [3.63, 3.8) is 0 Å². The molecular formula is C22H19F3INO. The van der Waals surface area contributed by atoms with E-state index in [9.17, 15) is 18.0 Å². The van der Waals surface area contributed by atoms with Crippen molar-refractivity contribution < 1.29 is 18.0 Å². The first kappa shape index (κ1) is 20.6. The molecule has 0 aromatic heterocycles. The number of alkyl halides is 4. The minimum Gasteiger partial charge on any atom is -0.338 e. The topological polar surface area (TPSA) is 29.1 Å². The van der Waals surface area contributed by atoms with Gasteiger partial charge in [0.05, 0.1) is 5.56 Å². The third kappa shape index (κ3) is 4.84. The zero-order valence-corrected chi connectivity index (χ0v) is 17.3.